The topological polar surface area (TPSA) is 26.0 Å². The van der Waals surface area contributed by atoms with Crippen LogP contribution in [0.5, 0.6) is 0 Å². The van der Waals surface area contributed by atoms with Gasteiger partial charge in [0.05, 0.1) is 0 Å². The molecule has 52 valence electrons. The molecule has 1 nitrogen and oxygen atoms in total. The van der Waals surface area contributed by atoms with E-state index in [1.165, 1.54) is 5.57 Å². The third-order valence-corrected chi connectivity index (χ3v) is 4.21. The van der Waals surface area contributed by atoms with Gasteiger partial charge in [-0.25, -0.2) is 0 Å². The van der Waals surface area contributed by atoms with Crippen molar-refractivity contribution in [3.05, 3.63) is 33.0 Å². The molecule has 0 spiro atoms. The molecule has 1 aliphatic heterocycles. The molecule has 2 rings (SSSR count). The fourth-order valence-corrected chi connectivity index (χ4v) is 3.29. The van der Waals surface area contributed by atoms with E-state index in [9.17, 15) is 0 Å². The summed E-state index contributed by atoms with van der Waals surface area (Å²) < 4.78 is 1.56. The quantitative estimate of drug-likeness (QED) is 0.559. The Balaban J connectivity index is 2.21. The normalized spacial score (nSPS) is 39.1. The second-order valence-corrected chi connectivity index (χ2v) is 5.05. The van der Waals surface area contributed by atoms with E-state index in [1.807, 2.05) is 0 Å². The van der Waals surface area contributed by atoms with Crippen LogP contribution in [0.4, 0.5) is 0 Å². The molecule has 10 heavy (non-hydrogen) atoms. The molecule has 1 fully saturated rings. The third kappa shape index (κ3) is 1.12. The van der Waals surface area contributed by atoms with Crippen LogP contribution in [0.15, 0.2) is 33.0 Å². The molecule has 2 aliphatic rings. The summed E-state index contributed by atoms with van der Waals surface area (Å²) in [5, 5.41) is 0. The van der Waals surface area contributed by atoms with E-state index >= 15 is 0 Å². The van der Waals surface area contributed by atoms with Crippen molar-refractivity contribution >= 4 is 15.8 Å². The predicted octanol–water partition coefficient (Wildman–Crippen LogP) is 0.491. The molecule has 2 atom stereocenters. The number of hydrogen-bond donors (Lipinski definition) is 1. The molecule has 2 unspecified atom stereocenters. The van der Waals surface area contributed by atoms with E-state index in [2.05, 4.69) is 23.1 Å². The maximum absolute atomic E-state index is 5.70. The first-order valence-corrected chi connectivity index (χ1v) is 5.72. The molecular formula is C8H10AsN. The monoisotopic (exact) mass is 195 g/mol. The van der Waals surface area contributed by atoms with Crippen molar-refractivity contribution in [3.63, 3.8) is 0 Å². The van der Waals surface area contributed by atoms with Crippen LogP contribution in [-0.2, 0) is 0 Å². The van der Waals surface area contributed by atoms with Crippen LogP contribution >= 0.6 is 0 Å². The van der Waals surface area contributed by atoms with Gasteiger partial charge in [0.15, 0.2) is 0 Å². The van der Waals surface area contributed by atoms with Gasteiger partial charge in [-0.2, -0.15) is 0 Å². The van der Waals surface area contributed by atoms with Gasteiger partial charge < -0.3 is 0 Å². The van der Waals surface area contributed by atoms with E-state index in [0.717, 1.165) is 6.42 Å². The molecule has 0 radical (unpaired) electrons. The fourth-order valence-electron chi connectivity index (χ4n) is 1.08. The first-order valence-electron chi connectivity index (χ1n) is 3.46. The SMILES string of the molecule is NC1C/C1=C1\C=CC=C[AsH]1. The zero-order valence-electron chi connectivity index (χ0n) is 5.67. The Labute approximate surface area is 67.4 Å². The molecule has 1 heterocycles. The van der Waals surface area contributed by atoms with Crippen molar-refractivity contribution < 1.29 is 0 Å². The minimum atomic E-state index is 0.0525. The first kappa shape index (κ1) is 6.45. The molecule has 0 aromatic carbocycles. The van der Waals surface area contributed by atoms with Crippen molar-refractivity contribution in [2.45, 2.75) is 12.5 Å². The van der Waals surface area contributed by atoms with E-state index < -0.39 is 0 Å². The zero-order valence-corrected chi connectivity index (χ0v) is 7.77. The Hall–Kier alpha value is -0.262. The summed E-state index contributed by atoms with van der Waals surface area (Å²) in [6.07, 6.45) is 7.62. The van der Waals surface area contributed by atoms with E-state index in [4.69, 9.17) is 5.73 Å². The summed E-state index contributed by atoms with van der Waals surface area (Å²) in [5.74, 6) is 0. The second kappa shape index (κ2) is 2.41. The van der Waals surface area contributed by atoms with E-state index in [0.29, 0.717) is 6.04 Å². The summed E-state index contributed by atoms with van der Waals surface area (Å²) in [7, 11) is 0. The Bertz CT molecular complexity index is 238. The zero-order chi connectivity index (χ0) is 6.97. The van der Waals surface area contributed by atoms with Crippen LogP contribution in [0.1, 0.15) is 6.42 Å². The molecule has 0 aromatic heterocycles. The van der Waals surface area contributed by atoms with Crippen molar-refractivity contribution in [2.75, 3.05) is 0 Å². The second-order valence-electron chi connectivity index (χ2n) is 2.61. The third-order valence-electron chi connectivity index (χ3n) is 1.78. The van der Waals surface area contributed by atoms with Crippen molar-refractivity contribution in [2.24, 2.45) is 5.73 Å². The summed E-state index contributed by atoms with van der Waals surface area (Å²) >= 11 is 0.0525. The van der Waals surface area contributed by atoms with Crippen molar-refractivity contribution in [1.82, 2.24) is 0 Å². The minimum absolute atomic E-state index is 0.0525. The molecule has 2 N–H and O–H groups in total. The number of rotatable bonds is 0. The van der Waals surface area contributed by atoms with Gasteiger partial charge in [0.1, 0.15) is 0 Å². The molecular weight excluding hydrogens is 185 g/mol. The number of nitrogens with two attached hydrogens (primary N) is 1. The average molecular weight is 195 g/mol. The Kier molecular flexibility index (Phi) is 1.55. The Morgan fingerprint density at radius 1 is 1.50 bits per heavy atom. The molecule has 1 aliphatic carbocycles. The van der Waals surface area contributed by atoms with Crippen LogP contribution in [-0.4, -0.2) is 21.8 Å². The van der Waals surface area contributed by atoms with E-state index in [1.54, 1.807) is 4.36 Å². The van der Waals surface area contributed by atoms with Gasteiger partial charge >= 0.3 is 67.0 Å². The Morgan fingerprint density at radius 2 is 2.30 bits per heavy atom. The first-order chi connectivity index (χ1) is 4.88. The molecule has 1 saturated carbocycles. The summed E-state index contributed by atoms with van der Waals surface area (Å²) in [5.41, 5.74) is 7.22. The van der Waals surface area contributed by atoms with Crippen molar-refractivity contribution in [1.29, 1.82) is 0 Å². The van der Waals surface area contributed by atoms with Crippen LogP contribution in [0.2, 0.25) is 0 Å². The van der Waals surface area contributed by atoms with Crippen LogP contribution in [0.25, 0.3) is 0 Å². The molecule has 0 aromatic rings. The predicted molar refractivity (Wildman–Crippen MR) is 45.0 cm³/mol. The van der Waals surface area contributed by atoms with Gasteiger partial charge in [-0.3, -0.25) is 0 Å². The summed E-state index contributed by atoms with van der Waals surface area (Å²) in [6.45, 7) is 0. The van der Waals surface area contributed by atoms with Gasteiger partial charge in [0, 0.05) is 0 Å². The maximum atomic E-state index is 5.70. The van der Waals surface area contributed by atoms with Gasteiger partial charge in [-0.1, -0.05) is 0 Å². The number of allylic oxidation sites excluding steroid dienone is 4. The fraction of sp³-hybridized carbons (Fsp3) is 0.250. The van der Waals surface area contributed by atoms with Crippen LogP contribution < -0.4 is 5.73 Å². The van der Waals surface area contributed by atoms with Crippen molar-refractivity contribution in [3.8, 4) is 0 Å². The summed E-state index contributed by atoms with van der Waals surface area (Å²) in [6, 6.07) is 0.412. The summed E-state index contributed by atoms with van der Waals surface area (Å²) in [4.78, 5) is 2.30. The van der Waals surface area contributed by atoms with Gasteiger partial charge in [-0.15, -0.1) is 0 Å². The van der Waals surface area contributed by atoms with Gasteiger partial charge in [0.2, 0.25) is 0 Å². The van der Waals surface area contributed by atoms with Crippen LogP contribution in [0, 0.1) is 0 Å². The molecule has 2 heteroatoms. The molecule has 0 saturated heterocycles. The van der Waals surface area contributed by atoms with Gasteiger partial charge in [0.25, 0.3) is 0 Å². The number of hydrogen-bond acceptors (Lipinski definition) is 1. The van der Waals surface area contributed by atoms with Gasteiger partial charge in [-0.05, 0) is 0 Å². The molecule has 0 bridgehead atoms. The molecule has 0 amide bonds. The van der Waals surface area contributed by atoms with Crippen LogP contribution in [0.3, 0.4) is 0 Å². The standard InChI is InChI=1S/C8H10AsN/c10-8-5-6(8)7-3-1-2-4-9-7/h1-4,8-9H,5,10H2/b7-6-. The Morgan fingerprint density at radius 3 is 2.80 bits per heavy atom. The van der Waals surface area contributed by atoms with E-state index in [-0.39, 0.29) is 15.8 Å². The average Bonchev–Trinajstić information content (AvgIpc) is 2.69.